The molecule has 0 aliphatic carbocycles. The van der Waals surface area contributed by atoms with Crippen molar-refractivity contribution < 1.29 is 14.4 Å². The molecular weight excluding hydrogens is 849 g/mol. The zero-order valence-electron chi connectivity index (χ0n) is 45.8. The normalized spacial score (nSPS) is 20.9. The van der Waals surface area contributed by atoms with E-state index in [1.165, 1.54) is 6.42 Å². The maximum atomic E-state index is 15.3. The van der Waals surface area contributed by atoms with Gasteiger partial charge in [-0.3, -0.25) is 14.4 Å². The number of unbranched alkanes of at least 4 members (excludes halogenated alkanes) is 1. The summed E-state index contributed by atoms with van der Waals surface area (Å²) < 4.78 is 0. The summed E-state index contributed by atoms with van der Waals surface area (Å²) in [7, 11) is 0. The molecule has 3 aliphatic heterocycles. The van der Waals surface area contributed by atoms with Crippen LogP contribution in [0.5, 0.6) is 0 Å². The van der Waals surface area contributed by atoms with Gasteiger partial charge in [-0.15, -0.1) is 0 Å². The maximum Gasteiger partial charge on any atom is 0.191 e. The number of anilines is 2. The topological polar surface area (TPSA) is 64.2 Å². The van der Waals surface area contributed by atoms with Gasteiger partial charge < -0.3 is 19.6 Å². The number of nitrogens with zero attached hydrogens (tertiary/aromatic N) is 4. The molecule has 374 valence electrons. The molecule has 0 saturated heterocycles. The first kappa shape index (κ1) is 53.4. The summed E-state index contributed by atoms with van der Waals surface area (Å²) in [5.74, 6) is 0.778. The molecule has 7 heteroatoms. The number of allylic oxidation sites excluding steroid dienone is 3. The zero-order chi connectivity index (χ0) is 51.1. The van der Waals surface area contributed by atoms with E-state index in [0.29, 0.717) is 22.6 Å². The van der Waals surface area contributed by atoms with E-state index in [4.69, 9.17) is 0 Å². The Kier molecular flexibility index (Phi) is 15.5. The van der Waals surface area contributed by atoms with Gasteiger partial charge in [-0.05, 0) is 158 Å². The first-order valence-corrected chi connectivity index (χ1v) is 26.2. The number of carbonyl (C=O) groups is 3. The molecule has 0 radical (unpaired) electrons. The molecule has 0 aromatic heterocycles. The van der Waals surface area contributed by atoms with Gasteiger partial charge in [0.25, 0.3) is 0 Å². The zero-order valence-corrected chi connectivity index (χ0v) is 45.8. The summed E-state index contributed by atoms with van der Waals surface area (Å²) in [6.07, 6.45) is 11.9. The molecule has 0 N–H and O–H groups in total. The lowest BCUT2D eigenvalue weighted by atomic mass is 9.55. The largest absolute Gasteiger partial charge is 0.372 e. The van der Waals surface area contributed by atoms with E-state index in [-0.39, 0.29) is 51.2 Å². The number of ketones is 3. The Morgan fingerprint density at radius 2 is 0.957 bits per heavy atom. The van der Waals surface area contributed by atoms with Gasteiger partial charge >= 0.3 is 0 Å². The molecule has 0 amide bonds. The third kappa shape index (κ3) is 11.5. The molecule has 0 spiro atoms. The van der Waals surface area contributed by atoms with Crippen LogP contribution in [-0.2, 0) is 0 Å². The lowest BCUT2D eigenvalue weighted by Gasteiger charge is -2.57. The molecule has 3 aromatic carbocycles. The minimum Gasteiger partial charge on any atom is -0.372 e. The number of benzene rings is 3. The minimum absolute atomic E-state index is 0.0386. The Labute approximate surface area is 418 Å². The van der Waals surface area contributed by atoms with Crippen molar-refractivity contribution in [2.45, 2.75) is 166 Å². The highest BCUT2D eigenvalue weighted by Crippen LogP contribution is 2.54. The Morgan fingerprint density at radius 3 is 1.35 bits per heavy atom. The number of hydrogen-bond acceptors (Lipinski definition) is 7. The predicted molar refractivity (Wildman–Crippen MR) is 289 cm³/mol. The second kappa shape index (κ2) is 20.1. The van der Waals surface area contributed by atoms with Gasteiger partial charge in [0.2, 0.25) is 0 Å². The summed E-state index contributed by atoms with van der Waals surface area (Å²) in [5.41, 5.74) is 4.88. The number of carbonyl (C=O) groups excluding carboxylic acids is 3. The van der Waals surface area contributed by atoms with E-state index in [2.05, 4.69) is 180 Å². The molecule has 3 atom stereocenters. The number of hydrogen-bond donors (Lipinski definition) is 0. The Balaban J connectivity index is 1.35. The molecule has 0 bridgehead atoms. The highest BCUT2D eigenvalue weighted by Gasteiger charge is 2.54. The smallest absolute Gasteiger partial charge is 0.191 e. The van der Waals surface area contributed by atoms with E-state index in [1.807, 2.05) is 54.6 Å². The summed E-state index contributed by atoms with van der Waals surface area (Å²) in [5, 5.41) is 0. The second-order valence-electron chi connectivity index (χ2n) is 25.4. The third-order valence-electron chi connectivity index (χ3n) is 16.3. The van der Waals surface area contributed by atoms with Crippen LogP contribution in [0.25, 0.3) is 0 Å². The second-order valence-corrected chi connectivity index (χ2v) is 25.4. The van der Waals surface area contributed by atoms with Gasteiger partial charge in [0.1, 0.15) is 0 Å². The van der Waals surface area contributed by atoms with E-state index < -0.39 is 10.8 Å². The first-order chi connectivity index (χ1) is 32.0. The minimum atomic E-state index is -0.520. The summed E-state index contributed by atoms with van der Waals surface area (Å²) >= 11 is 0. The molecule has 0 saturated carbocycles. The van der Waals surface area contributed by atoms with Crippen molar-refractivity contribution in [1.82, 2.24) is 14.7 Å². The summed E-state index contributed by atoms with van der Waals surface area (Å²) in [4.78, 5) is 53.5. The van der Waals surface area contributed by atoms with E-state index in [1.54, 1.807) is 0 Å². The highest BCUT2D eigenvalue weighted by atomic mass is 16.1. The van der Waals surface area contributed by atoms with Crippen molar-refractivity contribution >= 4 is 28.7 Å². The van der Waals surface area contributed by atoms with Crippen molar-refractivity contribution in [3.63, 3.8) is 0 Å². The fourth-order valence-electron chi connectivity index (χ4n) is 10.9. The fraction of sp³-hybridized carbons (Fsp3) is 0.565. The van der Waals surface area contributed by atoms with E-state index >= 15 is 4.79 Å². The van der Waals surface area contributed by atoms with Crippen molar-refractivity contribution in [2.75, 3.05) is 31.1 Å². The average molecular weight is 937 g/mol. The Hall–Kier alpha value is -4.91. The van der Waals surface area contributed by atoms with Crippen LogP contribution in [0.3, 0.4) is 0 Å². The summed E-state index contributed by atoms with van der Waals surface area (Å²) in [6.45, 7) is 41.2. The first-order valence-electron chi connectivity index (χ1n) is 26.2. The van der Waals surface area contributed by atoms with Crippen molar-refractivity contribution in [3.05, 3.63) is 131 Å². The van der Waals surface area contributed by atoms with Crippen LogP contribution in [0.4, 0.5) is 11.4 Å². The van der Waals surface area contributed by atoms with Crippen LogP contribution in [0, 0.1) is 34.0 Å². The lowest BCUT2D eigenvalue weighted by molar-refractivity contribution is -0.00777. The van der Waals surface area contributed by atoms with Crippen LogP contribution < -0.4 is 4.90 Å². The highest BCUT2D eigenvalue weighted by molar-refractivity contribution is 6.11. The van der Waals surface area contributed by atoms with Crippen LogP contribution in [0.1, 0.15) is 181 Å². The van der Waals surface area contributed by atoms with Crippen LogP contribution in [0.15, 0.2) is 114 Å². The fourth-order valence-corrected chi connectivity index (χ4v) is 10.9. The molecule has 3 unspecified atom stereocenters. The van der Waals surface area contributed by atoms with E-state index in [0.717, 1.165) is 80.0 Å². The summed E-state index contributed by atoms with van der Waals surface area (Å²) in [6, 6.07) is 26.1. The van der Waals surface area contributed by atoms with Gasteiger partial charge in [0.15, 0.2) is 17.3 Å². The van der Waals surface area contributed by atoms with Crippen molar-refractivity contribution in [3.8, 4) is 0 Å². The van der Waals surface area contributed by atoms with Gasteiger partial charge in [-0.25, -0.2) is 0 Å². The third-order valence-corrected chi connectivity index (χ3v) is 16.3. The molecule has 3 aliphatic rings. The Bertz CT molecular complexity index is 2400. The van der Waals surface area contributed by atoms with Gasteiger partial charge in [0, 0.05) is 106 Å². The van der Waals surface area contributed by atoms with Gasteiger partial charge in [-0.2, -0.15) is 0 Å². The lowest BCUT2D eigenvalue weighted by Crippen LogP contribution is -2.58. The van der Waals surface area contributed by atoms with Gasteiger partial charge in [0.05, 0.1) is 0 Å². The molecule has 3 heterocycles. The van der Waals surface area contributed by atoms with E-state index in [9.17, 15) is 9.59 Å². The average Bonchev–Trinajstić information content (AvgIpc) is 3.27. The van der Waals surface area contributed by atoms with Crippen molar-refractivity contribution in [2.24, 2.45) is 34.0 Å². The predicted octanol–water partition coefficient (Wildman–Crippen LogP) is 15.0. The Morgan fingerprint density at radius 1 is 0.565 bits per heavy atom. The SMILES string of the molecule is CCCCC(CC)CN(c1ccc(C(=O)C2=CN(C(C)(C)C)CCC2(C)C)cc1)c1ccc(C(=O)C2=CN(C(C)(C)C)CC(C3CN(C(C)(C)C)C=C(C(=O)c4ccccc4)C3(C)C)C2(C)C)cc1. The van der Waals surface area contributed by atoms with Crippen LogP contribution >= 0.6 is 0 Å². The van der Waals surface area contributed by atoms with Crippen LogP contribution in [0.2, 0.25) is 0 Å². The number of rotatable bonds is 15. The molecule has 7 nitrogen and oxygen atoms in total. The number of Topliss-reactive ketones (excluding diaryl/α,β-unsaturated/α-hetero) is 3. The monoisotopic (exact) mass is 937 g/mol. The molecule has 6 rings (SSSR count). The molecular formula is C62H88N4O3. The van der Waals surface area contributed by atoms with Gasteiger partial charge in [-0.1, -0.05) is 105 Å². The maximum absolute atomic E-state index is 15.3. The van der Waals surface area contributed by atoms with Crippen LogP contribution in [-0.4, -0.2) is 74.8 Å². The quantitative estimate of drug-likeness (QED) is 0.141. The van der Waals surface area contributed by atoms with Crippen molar-refractivity contribution in [1.29, 1.82) is 0 Å². The molecule has 3 aromatic rings. The molecule has 69 heavy (non-hydrogen) atoms. The molecule has 0 fully saturated rings. The standard InChI is InChI=1S/C62H88N4O3/c1-18-20-24-43(19-2)37-66(47-31-27-45(28-32-47)54(67)51-40-63(57(3,4)5)36-35-60(51,12)13)48-33-29-46(30-34-48)56(69)53-42-65(59(9,10)11)39-50(62(53,16)17)49-38-64(58(6,7)8)41-52(61(49,14)15)55(68)44-25-22-21-23-26-44/h21-23,25-34,40-43,49-50H,18-20,24,35-39H2,1-17H3.